The van der Waals surface area contributed by atoms with Crippen molar-refractivity contribution in [1.29, 1.82) is 0 Å². The van der Waals surface area contributed by atoms with Crippen molar-refractivity contribution in [2.75, 3.05) is 39.3 Å². The van der Waals surface area contributed by atoms with Gasteiger partial charge in [-0.2, -0.15) is 0 Å². The molecule has 3 rings (SSSR count). The molecule has 2 fully saturated rings. The maximum absolute atomic E-state index is 12.3. The number of rotatable bonds is 7. The fourth-order valence-corrected chi connectivity index (χ4v) is 3.75. The third-order valence-corrected chi connectivity index (χ3v) is 5.37. The van der Waals surface area contributed by atoms with Crippen molar-refractivity contribution in [3.8, 4) is 0 Å². The van der Waals surface area contributed by atoms with Crippen LogP contribution in [0.3, 0.4) is 0 Å². The van der Waals surface area contributed by atoms with Crippen LogP contribution < -0.4 is 5.32 Å². The van der Waals surface area contributed by atoms with Crippen LogP contribution in [0.5, 0.6) is 0 Å². The minimum Gasteiger partial charge on any atom is -0.373 e. The van der Waals surface area contributed by atoms with Crippen molar-refractivity contribution >= 4 is 17.5 Å². The van der Waals surface area contributed by atoms with E-state index in [9.17, 15) is 4.79 Å². The molecule has 6 heteroatoms. The summed E-state index contributed by atoms with van der Waals surface area (Å²) in [4.78, 5) is 16.9. The van der Waals surface area contributed by atoms with Gasteiger partial charge in [-0.1, -0.05) is 30.7 Å². The van der Waals surface area contributed by atoms with Crippen molar-refractivity contribution < 1.29 is 9.53 Å². The summed E-state index contributed by atoms with van der Waals surface area (Å²) >= 11 is 5.92. The number of amides is 1. The smallest absolute Gasteiger partial charge is 0.234 e. The van der Waals surface area contributed by atoms with E-state index < -0.39 is 0 Å². The lowest BCUT2D eigenvalue weighted by Gasteiger charge is -2.35. The number of nitrogens with one attached hydrogen (secondary N) is 1. The molecule has 1 N–H and O–H groups in total. The van der Waals surface area contributed by atoms with E-state index in [-0.39, 0.29) is 12.0 Å². The topological polar surface area (TPSA) is 44.8 Å². The average molecular weight is 366 g/mol. The normalized spacial score (nSPS) is 23.6. The van der Waals surface area contributed by atoms with Gasteiger partial charge in [0.2, 0.25) is 5.91 Å². The Morgan fingerprint density at radius 1 is 1.40 bits per heavy atom. The fraction of sp³-hybridized carbons (Fsp3) is 0.632. The Balaban J connectivity index is 1.40. The van der Waals surface area contributed by atoms with Crippen LogP contribution in [0.4, 0.5) is 0 Å². The van der Waals surface area contributed by atoms with Crippen LogP contribution in [-0.4, -0.2) is 67.2 Å². The van der Waals surface area contributed by atoms with Gasteiger partial charge in [0.25, 0.3) is 0 Å². The molecule has 138 valence electrons. The van der Waals surface area contributed by atoms with E-state index >= 15 is 0 Å². The highest BCUT2D eigenvalue weighted by atomic mass is 35.5. The van der Waals surface area contributed by atoms with Gasteiger partial charge in [0.15, 0.2) is 0 Å². The highest BCUT2D eigenvalue weighted by Crippen LogP contribution is 2.22. The first-order chi connectivity index (χ1) is 12.1. The molecule has 0 aliphatic carbocycles. The summed E-state index contributed by atoms with van der Waals surface area (Å²) in [6, 6.07) is 8.38. The third-order valence-electron chi connectivity index (χ3n) is 5.12. The Bertz CT molecular complexity index is 566. The quantitative estimate of drug-likeness (QED) is 0.804. The highest BCUT2D eigenvalue weighted by molar-refractivity contribution is 6.30. The van der Waals surface area contributed by atoms with Crippen LogP contribution in [0.2, 0.25) is 5.02 Å². The summed E-state index contributed by atoms with van der Waals surface area (Å²) in [5.41, 5.74) is 1.16. The molecule has 5 nitrogen and oxygen atoms in total. The van der Waals surface area contributed by atoms with Gasteiger partial charge in [-0.25, -0.2) is 0 Å². The second-order valence-corrected chi connectivity index (χ2v) is 7.42. The fourth-order valence-electron chi connectivity index (χ4n) is 3.62. The summed E-state index contributed by atoms with van der Waals surface area (Å²) in [6.45, 7) is 7.55. The molecule has 0 spiro atoms. The molecule has 2 atom stereocenters. The van der Waals surface area contributed by atoms with Crippen molar-refractivity contribution in [1.82, 2.24) is 15.1 Å². The largest absolute Gasteiger partial charge is 0.373 e. The molecule has 1 aromatic carbocycles. The summed E-state index contributed by atoms with van der Waals surface area (Å²) in [5.74, 6) is 0.0583. The van der Waals surface area contributed by atoms with E-state index in [1.165, 1.54) is 19.4 Å². The molecule has 2 unspecified atom stereocenters. The van der Waals surface area contributed by atoms with E-state index in [0.29, 0.717) is 19.1 Å². The summed E-state index contributed by atoms with van der Waals surface area (Å²) in [7, 11) is 0. The zero-order valence-electron chi connectivity index (χ0n) is 14.9. The number of benzene rings is 1. The molecule has 2 aliphatic rings. The zero-order chi connectivity index (χ0) is 17.6. The maximum Gasteiger partial charge on any atom is 0.234 e. The van der Waals surface area contributed by atoms with Crippen LogP contribution in [0.15, 0.2) is 24.3 Å². The first kappa shape index (κ1) is 18.6. The molecule has 0 radical (unpaired) electrons. The molecule has 0 bridgehead atoms. The van der Waals surface area contributed by atoms with Crippen LogP contribution in [0.25, 0.3) is 0 Å². The van der Waals surface area contributed by atoms with Crippen molar-refractivity contribution in [3.05, 3.63) is 34.9 Å². The molecule has 2 heterocycles. The molecule has 0 aromatic heterocycles. The lowest BCUT2D eigenvalue weighted by Crippen LogP contribution is -2.50. The number of hydrogen-bond acceptors (Lipinski definition) is 4. The zero-order valence-corrected chi connectivity index (χ0v) is 15.7. The van der Waals surface area contributed by atoms with Gasteiger partial charge in [0, 0.05) is 30.7 Å². The minimum atomic E-state index is 0.0583. The number of carbonyl (C=O) groups is 1. The van der Waals surface area contributed by atoms with Gasteiger partial charge < -0.3 is 10.1 Å². The molecule has 0 saturated carbocycles. The molecule has 2 saturated heterocycles. The monoisotopic (exact) mass is 365 g/mol. The van der Waals surface area contributed by atoms with E-state index in [4.69, 9.17) is 16.3 Å². The number of fused-ring (bicyclic) bond motifs is 1. The van der Waals surface area contributed by atoms with Gasteiger partial charge in [-0.3, -0.25) is 14.6 Å². The van der Waals surface area contributed by atoms with Crippen molar-refractivity contribution in [2.45, 2.75) is 38.5 Å². The standard InChI is InChI=1S/C19H28ClN3O2/c1-2-22(11-15-5-7-16(20)8-6-15)13-19(24)21-10-18-12-23-9-3-4-17(23)14-25-18/h5-8,17-18H,2-4,9-14H2,1H3,(H,21,24). The van der Waals surface area contributed by atoms with Crippen LogP contribution in [-0.2, 0) is 16.1 Å². The van der Waals surface area contributed by atoms with Crippen molar-refractivity contribution in [3.63, 3.8) is 0 Å². The lowest BCUT2D eigenvalue weighted by atomic mass is 10.2. The van der Waals surface area contributed by atoms with E-state index in [1.54, 1.807) is 0 Å². The predicted octanol–water partition coefficient (Wildman–Crippen LogP) is 2.14. The SMILES string of the molecule is CCN(CC(=O)NCC1CN2CCCC2CO1)Cc1ccc(Cl)cc1. The number of carbonyl (C=O) groups excluding carboxylic acids is 1. The van der Waals surface area contributed by atoms with Gasteiger partial charge in [-0.05, 0) is 43.6 Å². The lowest BCUT2D eigenvalue weighted by molar-refractivity contribution is -0.123. The second-order valence-electron chi connectivity index (χ2n) is 6.98. The number of hydrogen-bond donors (Lipinski definition) is 1. The molecule has 25 heavy (non-hydrogen) atoms. The first-order valence-corrected chi connectivity index (χ1v) is 9.61. The molecular formula is C19H28ClN3O2. The molecule has 1 aromatic rings. The molecule has 2 aliphatic heterocycles. The first-order valence-electron chi connectivity index (χ1n) is 9.23. The summed E-state index contributed by atoms with van der Waals surface area (Å²) in [6.07, 6.45) is 2.63. The maximum atomic E-state index is 12.3. The Labute approximate surface area is 155 Å². The Hall–Kier alpha value is -1.14. The predicted molar refractivity (Wildman–Crippen MR) is 99.7 cm³/mol. The van der Waals surface area contributed by atoms with E-state index in [0.717, 1.165) is 36.8 Å². The number of nitrogens with zero attached hydrogens (tertiary/aromatic N) is 2. The van der Waals surface area contributed by atoms with Gasteiger partial charge in [-0.15, -0.1) is 0 Å². The van der Waals surface area contributed by atoms with Gasteiger partial charge >= 0.3 is 0 Å². The Morgan fingerprint density at radius 3 is 2.96 bits per heavy atom. The van der Waals surface area contributed by atoms with Crippen LogP contribution in [0.1, 0.15) is 25.3 Å². The highest BCUT2D eigenvalue weighted by Gasteiger charge is 2.32. The van der Waals surface area contributed by atoms with Gasteiger partial charge in [0.05, 0.1) is 19.3 Å². The van der Waals surface area contributed by atoms with Crippen LogP contribution >= 0.6 is 11.6 Å². The summed E-state index contributed by atoms with van der Waals surface area (Å²) < 4.78 is 5.90. The number of halogens is 1. The van der Waals surface area contributed by atoms with Crippen molar-refractivity contribution in [2.24, 2.45) is 0 Å². The summed E-state index contributed by atoms with van der Waals surface area (Å²) in [5, 5.41) is 3.77. The van der Waals surface area contributed by atoms with E-state index in [2.05, 4.69) is 22.0 Å². The Morgan fingerprint density at radius 2 is 2.20 bits per heavy atom. The van der Waals surface area contributed by atoms with Gasteiger partial charge in [0.1, 0.15) is 0 Å². The number of ether oxygens (including phenoxy) is 1. The number of likely N-dealkylation sites (N-methyl/N-ethyl adjacent to an activating group) is 1. The van der Waals surface area contributed by atoms with Crippen LogP contribution in [0, 0.1) is 0 Å². The molecular weight excluding hydrogens is 338 g/mol. The third kappa shape index (κ3) is 5.42. The Kier molecular flexibility index (Phi) is 6.70. The number of morpholine rings is 1. The average Bonchev–Trinajstić information content (AvgIpc) is 3.09. The van der Waals surface area contributed by atoms with E-state index in [1.807, 2.05) is 24.3 Å². The second kappa shape index (κ2) is 8.99. The minimum absolute atomic E-state index is 0.0583. The molecule has 1 amide bonds.